The Labute approximate surface area is 283 Å². The Morgan fingerprint density at radius 3 is 1.41 bits per heavy atom. The molecule has 0 bridgehead atoms. The molecular formula is C45H29N3O. The third-order valence-corrected chi connectivity index (χ3v) is 9.18. The number of fused-ring (bicyclic) bond motifs is 4. The van der Waals surface area contributed by atoms with Crippen LogP contribution in [-0.4, -0.2) is 14.4 Å². The van der Waals surface area contributed by atoms with Crippen molar-refractivity contribution in [2.24, 2.45) is 0 Å². The third-order valence-electron chi connectivity index (χ3n) is 9.18. The van der Waals surface area contributed by atoms with Gasteiger partial charge in [-0.2, -0.15) is 0 Å². The molecule has 0 amide bonds. The van der Waals surface area contributed by atoms with Gasteiger partial charge in [0.15, 0.2) is 5.65 Å². The van der Waals surface area contributed by atoms with E-state index < -0.39 is 0 Å². The first kappa shape index (κ1) is 28.6. The molecule has 0 radical (unpaired) electrons. The number of hydrogen-bond acceptors (Lipinski definition) is 3. The molecule has 7 aromatic carbocycles. The van der Waals surface area contributed by atoms with Gasteiger partial charge in [-0.25, -0.2) is 14.4 Å². The summed E-state index contributed by atoms with van der Waals surface area (Å²) in [7, 11) is 0. The van der Waals surface area contributed by atoms with E-state index in [2.05, 4.69) is 66.7 Å². The monoisotopic (exact) mass is 627 g/mol. The van der Waals surface area contributed by atoms with Crippen LogP contribution in [0.2, 0.25) is 0 Å². The zero-order chi connectivity index (χ0) is 32.7. The normalized spacial score (nSPS) is 11.3. The molecule has 4 nitrogen and oxygen atoms in total. The van der Waals surface area contributed by atoms with Crippen LogP contribution in [0.4, 0.5) is 0 Å². The summed E-state index contributed by atoms with van der Waals surface area (Å²) in [5, 5.41) is 1.35. The van der Waals surface area contributed by atoms with Gasteiger partial charge in [-0.05, 0) is 63.2 Å². The molecule has 0 atom stereocenters. The van der Waals surface area contributed by atoms with Crippen LogP contribution in [0.1, 0.15) is 0 Å². The summed E-state index contributed by atoms with van der Waals surface area (Å²) >= 11 is 0. The van der Waals surface area contributed by atoms with E-state index in [1.807, 2.05) is 109 Å². The molecule has 230 valence electrons. The van der Waals surface area contributed by atoms with E-state index in [1.165, 1.54) is 0 Å². The molecule has 0 N–H and O–H groups in total. The molecule has 0 saturated heterocycles. The lowest BCUT2D eigenvalue weighted by molar-refractivity contribution is 1.05. The fraction of sp³-hybridized carbons (Fsp3) is 0. The van der Waals surface area contributed by atoms with Gasteiger partial charge in [-0.15, -0.1) is 0 Å². The minimum absolute atomic E-state index is 0.156. The van der Waals surface area contributed by atoms with Gasteiger partial charge in [0, 0.05) is 16.5 Å². The third kappa shape index (κ3) is 4.98. The molecule has 0 fully saturated rings. The highest BCUT2D eigenvalue weighted by Gasteiger charge is 2.21. The Morgan fingerprint density at radius 2 is 0.857 bits per heavy atom. The van der Waals surface area contributed by atoms with Crippen molar-refractivity contribution >= 4 is 27.5 Å². The summed E-state index contributed by atoms with van der Waals surface area (Å²) in [4.78, 5) is 25.6. The molecule has 9 rings (SSSR count). The second-order valence-electron chi connectivity index (χ2n) is 12.2. The molecule has 0 aliphatic heterocycles. The summed E-state index contributed by atoms with van der Waals surface area (Å²) in [6, 6.07) is 59.5. The van der Waals surface area contributed by atoms with Crippen LogP contribution in [0.15, 0.2) is 181 Å². The highest BCUT2D eigenvalue weighted by atomic mass is 16.1. The van der Waals surface area contributed by atoms with Crippen molar-refractivity contribution in [1.82, 2.24) is 14.4 Å². The fourth-order valence-corrected chi connectivity index (χ4v) is 6.82. The number of hydrogen-bond donors (Lipinski definition) is 0. The summed E-state index contributed by atoms with van der Waals surface area (Å²) in [6.07, 6.45) is 0. The number of nitrogens with zero attached hydrogens (tertiary/aromatic N) is 3. The first-order chi connectivity index (χ1) is 24.2. The molecule has 2 aromatic heterocycles. The number of rotatable bonds is 5. The van der Waals surface area contributed by atoms with E-state index in [-0.39, 0.29) is 5.56 Å². The van der Waals surface area contributed by atoms with Gasteiger partial charge in [0.25, 0.3) is 5.56 Å². The quantitative estimate of drug-likeness (QED) is 0.141. The average molecular weight is 628 g/mol. The molecule has 0 aliphatic rings. The van der Waals surface area contributed by atoms with Crippen LogP contribution < -0.4 is 5.56 Å². The van der Waals surface area contributed by atoms with Gasteiger partial charge in [-0.1, -0.05) is 152 Å². The highest BCUT2D eigenvalue weighted by Crippen LogP contribution is 2.38. The molecule has 0 aliphatic carbocycles. The van der Waals surface area contributed by atoms with E-state index in [1.54, 1.807) is 4.40 Å². The van der Waals surface area contributed by atoms with E-state index in [0.717, 1.165) is 61.0 Å². The molecule has 0 saturated carbocycles. The summed E-state index contributed by atoms with van der Waals surface area (Å²) in [6.45, 7) is 0. The summed E-state index contributed by atoms with van der Waals surface area (Å²) in [5.74, 6) is 0.556. The number of aromatic nitrogens is 3. The van der Waals surface area contributed by atoms with Gasteiger partial charge < -0.3 is 0 Å². The Balaban J connectivity index is 1.46. The van der Waals surface area contributed by atoms with E-state index in [4.69, 9.17) is 9.97 Å². The largest absolute Gasteiger partial charge is 0.268 e. The first-order valence-corrected chi connectivity index (χ1v) is 16.4. The van der Waals surface area contributed by atoms with Crippen LogP contribution in [0, 0.1) is 0 Å². The molecule has 2 heterocycles. The Kier molecular flexibility index (Phi) is 6.91. The molecule has 49 heavy (non-hydrogen) atoms. The van der Waals surface area contributed by atoms with Gasteiger partial charge in [0.1, 0.15) is 5.82 Å². The van der Waals surface area contributed by atoms with Crippen molar-refractivity contribution in [3.63, 3.8) is 0 Å². The van der Waals surface area contributed by atoms with Crippen molar-refractivity contribution in [3.05, 3.63) is 186 Å². The first-order valence-electron chi connectivity index (χ1n) is 16.4. The SMILES string of the molecule is O=c1c2cc(-c3ccccc3)c(-c3ccccc3)cc2nc2c3cc(-c4ccccc4)cc(-c4ccccc4)c3nc(-c3ccccc3)n12. The zero-order valence-electron chi connectivity index (χ0n) is 26.5. The average Bonchev–Trinajstić information content (AvgIpc) is 3.18. The molecule has 0 spiro atoms. The second kappa shape index (κ2) is 11.9. The van der Waals surface area contributed by atoms with Crippen LogP contribution >= 0.6 is 0 Å². The highest BCUT2D eigenvalue weighted by molar-refractivity contribution is 6.06. The summed E-state index contributed by atoms with van der Waals surface area (Å²) < 4.78 is 1.71. The van der Waals surface area contributed by atoms with Crippen molar-refractivity contribution in [1.29, 1.82) is 0 Å². The Morgan fingerprint density at radius 1 is 0.388 bits per heavy atom. The van der Waals surface area contributed by atoms with Gasteiger partial charge in [-0.3, -0.25) is 4.79 Å². The smallest absolute Gasteiger partial charge is 0.267 e. The van der Waals surface area contributed by atoms with Crippen molar-refractivity contribution < 1.29 is 0 Å². The number of benzene rings is 7. The predicted octanol–water partition coefficient (Wildman–Crippen LogP) is 10.7. The minimum atomic E-state index is -0.156. The van der Waals surface area contributed by atoms with Crippen LogP contribution in [0.25, 0.3) is 83.3 Å². The van der Waals surface area contributed by atoms with Crippen molar-refractivity contribution in [3.8, 4) is 55.9 Å². The molecular weight excluding hydrogens is 599 g/mol. The van der Waals surface area contributed by atoms with Gasteiger partial charge in [0.2, 0.25) is 0 Å². The van der Waals surface area contributed by atoms with Crippen LogP contribution in [0.5, 0.6) is 0 Å². The molecule has 9 aromatic rings. The molecule has 4 heteroatoms. The van der Waals surface area contributed by atoms with Gasteiger partial charge >= 0.3 is 0 Å². The minimum Gasteiger partial charge on any atom is -0.268 e. The lowest BCUT2D eigenvalue weighted by Gasteiger charge is -2.17. The fourth-order valence-electron chi connectivity index (χ4n) is 6.82. The topological polar surface area (TPSA) is 47.3 Å². The lowest BCUT2D eigenvalue weighted by Crippen LogP contribution is -2.19. The predicted molar refractivity (Wildman–Crippen MR) is 201 cm³/mol. The summed E-state index contributed by atoms with van der Waals surface area (Å²) in [5.41, 5.74) is 10.9. The molecule has 0 unspecified atom stereocenters. The van der Waals surface area contributed by atoms with Crippen LogP contribution in [0.3, 0.4) is 0 Å². The Bertz CT molecular complexity index is 2690. The maximum atomic E-state index is 14.9. The van der Waals surface area contributed by atoms with Crippen LogP contribution in [-0.2, 0) is 0 Å². The zero-order valence-corrected chi connectivity index (χ0v) is 26.5. The van der Waals surface area contributed by atoms with E-state index >= 15 is 0 Å². The standard InChI is InChI=1S/C45H29N3O/c49-45-39-28-36(31-18-8-2-9-19-31)37(32-20-10-3-11-21-32)29-41(39)46-44-40-27-35(30-16-6-1-7-17-30)26-38(33-22-12-4-13-23-33)42(40)47-43(48(44)45)34-24-14-5-15-25-34/h1-29H. The Hall–Kier alpha value is -6.65. The van der Waals surface area contributed by atoms with E-state index in [9.17, 15) is 4.79 Å². The maximum absolute atomic E-state index is 14.9. The lowest BCUT2D eigenvalue weighted by atomic mass is 9.93. The van der Waals surface area contributed by atoms with Crippen molar-refractivity contribution in [2.75, 3.05) is 0 Å². The second-order valence-corrected chi connectivity index (χ2v) is 12.2. The van der Waals surface area contributed by atoms with Gasteiger partial charge in [0.05, 0.1) is 16.4 Å². The van der Waals surface area contributed by atoms with Crippen molar-refractivity contribution in [2.45, 2.75) is 0 Å². The van der Waals surface area contributed by atoms with E-state index in [0.29, 0.717) is 22.4 Å². The maximum Gasteiger partial charge on any atom is 0.267 e.